The molecule has 24 heavy (non-hydrogen) atoms. The molecule has 0 amide bonds. The van der Waals surface area contributed by atoms with Crippen LogP contribution in [0.1, 0.15) is 20.8 Å². The van der Waals surface area contributed by atoms with Crippen molar-refractivity contribution in [2.45, 2.75) is 26.9 Å². The molecule has 0 radical (unpaired) electrons. The van der Waals surface area contributed by atoms with Crippen LogP contribution in [0, 0.1) is 5.92 Å². The zero-order chi connectivity index (χ0) is 17.4. The van der Waals surface area contributed by atoms with E-state index in [0.717, 1.165) is 36.1 Å². The highest BCUT2D eigenvalue weighted by molar-refractivity contribution is 5.46. The van der Waals surface area contributed by atoms with E-state index in [9.17, 15) is 0 Å². The second kappa shape index (κ2) is 9.06. The van der Waals surface area contributed by atoms with Gasteiger partial charge in [0.2, 0.25) is 0 Å². The topological polar surface area (TPSA) is 39.7 Å². The third-order valence-corrected chi connectivity index (χ3v) is 3.43. The molecule has 0 aliphatic heterocycles. The Labute approximate surface area is 144 Å². The average molecular weight is 329 g/mol. The Morgan fingerprint density at radius 1 is 0.833 bits per heavy atom. The lowest BCUT2D eigenvalue weighted by Gasteiger charge is -2.16. The van der Waals surface area contributed by atoms with Crippen LogP contribution in [-0.4, -0.2) is 26.4 Å². The summed E-state index contributed by atoms with van der Waals surface area (Å²) >= 11 is 0. The number of hydrogen-bond acceptors (Lipinski definition) is 4. The van der Waals surface area contributed by atoms with Crippen molar-refractivity contribution in [3.05, 3.63) is 48.5 Å². The van der Waals surface area contributed by atoms with Gasteiger partial charge in [-0.1, -0.05) is 13.8 Å². The predicted octanol–water partition coefficient (Wildman–Crippen LogP) is 4.61. The van der Waals surface area contributed by atoms with E-state index in [-0.39, 0.29) is 6.10 Å². The van der Waals surface area contributed by atoms with E-state index < -0.39 is 0 Å². The molecule has 0 saturated heterocycles. The zero-order valence-corrected chi connectivity index (χ0v) is 14.9. The Balaban J connectivity index is 1.77. The third-order valence-electron chi connectivity index (χ3n) is 3.43. The molecule has 0 bridgehead atoms. The second-order valence-electron chi connectivity index (χ2n) is 6.21. The Morgan fingerprint density at radius 3 is 2.00 bits per heavy atom. The lowest BCUT2D eigenvalue weighted by Crippen LogP contribution is -2.22. The van der Waals surface area contributed by atoms with E-state index in [4.69, 9.17) is 14.2 Å². The Bertz CT molecular complexity index is 593. The van der Waals surface area contributed by atoms with Crippen LogP contribution < -0.4 is 19.5 Å². The molecule has 0 saturated carbocycles. The highest BCUT2D eigenvalue weighted by atomic mass is 16.5. The highest BCUT2D eigenvalue weighted by Gasteiger charge is 2.05. The quantitative estimate of drug-likeness (QED) is 0.729. The molecule has 1 unspecified atom stereocenters. The summed E-state index contributed by atoms with van der Waals surface area (Å²) in [5.41, 5.74) is 1.05. The first-order valence-corrected chi connectivity index (χ1v) is 8.34. The summed E-state index contributed by atoms with van der Waals surface area (Å²) < 4.78 is 16.7. The summed E-state index contributed by atoms with van der Waals surface area (Å²) in [6.07, 6.45) is 0.0512. The largest absolute Gasteiger partial charge is 0.497 e. The first kappa shape index (κ1) is 18.0. The molecule has 4 heteroatoms. The summed E-state index contributed by atoms with van der Waals surface area (Å²) in [4.78, 5) is 0. The SMILES string of the molecule is COc1ccc(OC(C)CNc2ccc(OCC(C)C)cc2)cc1. The van der Waals surface area contributed by atoms with Crippen molar-refractivity contribution in [2.75, 3.05) is 25.6 Å². The van der Waals surface area contributed by atoms with Gasteiger partial charge in [-0.2, -0.15) is 0 Å². The van der Waals surface area contributed by atoms with Gasteiger partial charge in [-0.3, -0.25) is 0 Å². The summed E-state index contributed by atoms with van der Waals surface area (Å²) in [5.74, 6) is 3.09. The van der Waals surface area contributed by atoms with Crippen LogP contribution in [0.5, 0.6) is 17.2 Å². The lowest BCUT2D eigenvalue weighted by molar-refractivity contribution is 0.234. The van der Waals surface area contributed by atoms with Gasteiger partial charge in [-0.25, -0.2) is 0 Å². The van der Waals surface area contributed by atoms with Crippen LogP contribution in [0.2, 0.25) is 0 Å². The van der Waals surface area contributed by atoms with Crippen molar-refractivity contribution in [3.8, 4) is 17.2 Å². The molecule has 0 aliphatic carbocycles. The third kappa shape index (κ3) is 6.03. The molecular formula is C20H27NO3. The average Bonchev–Trinajstić information content (AvgIpc) is 2.59. The summed E-state index contributed by atoms with van der Waals surface area (Å²) in [6.45, 7) is 7.77. The maximum Gasteiger partial charge on any atom is 0.120 e. The summed E-state index contributed by atoms with van der Waals surface area (Å²) in [6, 6.07) is 15.6. The van der Waals surface area contributed by atoms with Crippen LogP contribution >= 0.6 is 0 Å². The van der Waals surface area contributed by atoms with Crippen molar-refractivity contribution >= 4 is 5.69 Å². The lowest BCUT2D eigenvalue weighted by atomic mass is 10.2. The molecule has 1 N–H and O–H groups in total. The number of anilines is 1. The standard InChI is InChI=1S/C20H27NO3/c1-15(2)14-23-19-7-5-17(6-8-19)21-13-16(3)24-20-11-9-18(22-4)10-12-20/h5-12,15-16,21H,13-14H2,1-4H3. The first-order valence-electron chi connectivity index (χ1n) is 8.34. The van der Waals surface area contributed by atoms with Gasteiger partial charge < -0.3 is 19.5 Å². The fourth-order valence-corrected chi connectivity index (χ4v) is 2.12. The number of benzene rings is 2. The normalized spacial score (nSPS) is 11.9. The second-order valence-corrected chi connectivity index (χ2v) is 6.21. The molecule has 0 fully saturated rings. The molecule has 0 heterocycles. The molecule has 1 atom stereocenters. The summed E-state index contributed by atoms with van der Waals surface area (Å²) in [7, 11) is 1.65. The van der Waals surface area contributed by atoms with Crippen LogP contribution in [-0.2, 0) is 0 Å². The minimum absolute atomic E-state index is 0.0512. The van der Waals surface area contributed by atoms with Crippen LogP contribution in [0.4, 0.5) is 5.69 Å². The number of ether oxygens (including phenoxy) is 3. The number of hydrogen-bond donors (Lipinski definition) is 1. The zero-order valence-electron chi connectivity index (χ0n) is 14.9. The monoisotopic (exact) mass is 329 g/mol. The molecule has 0 aromatic heterocycles. The molecule has 2 aromatic rings. The molecular weight excluding hydrogens is 302 g/mol. The predicted molar refractivity (Wildman–Crippen MR) is 98.3 cm³/mol. The van der Waals surface area contributed by atoms with Gasteiger partial charge >= 0.3 is 0 Å². The van der Waals surface area contributed by atoms with Gasteiger partial charge in [-0.15, -0.1) is 0 Å². The fourth-order valence-electron chi connectivity index (χ4n) is 2.12. The Hall–Kier alpha value is -2.36. The highest BCUT2D eigenvalue weighted by Crippen LogP contribution is 2.19. The van der Waals surface area contributed by atoms with Gasteiger partial charge in [0.25, 0.3) is 0 Å². The number of rotatable bonds is 9. The molecule has 130 valence electrons. The van der Waals surface area contributed by atoms with Gasteiger partial charge in [0.1, 0.15) is 23.4 Å². The van der Waals surface area contributed by atoms with Gasteiger partial charge in [-0.05, 0) is 61.4 Å². The van der Waals surface area contributed by atoms with Crippen LogP contribution in [0.15, 0.2) is 48.5 Å². The number of nitrogens with one attached hydrogen (secondary N) is 1. The van der Waals surface area contributed by atoms with E-state index in [1.54, 1.807) is 7.11 Å². The van der Waals surface area contributed by atoms with Crippen molar-refractivity contribution in [1.82, 2.24) is 0 Å². The van der Waals surface area contributed by atoms with Crippen LogP contribution in [0.3, 0.4) is 0 Å². The molecule has 2 rings (SSSR count). The molecule has 0 aliphatic rings. The van der Waals surface area contributed by atoms with Crippen molar-refractivity contribution in [3.63, 3.8) is 0 Å². The maximum atomic E-state index is 5.88. The van der Waals surface area contributed by atoms with E-state index in [0.29, 0.717) is 5.92 Å². The number of methoxy groups -OCH3 is 1. The van der Waals surface area contributed by atoms with E-state index in [1.807, 2.05) is 55.5 Å². The van der Waals surface area contributed by atoms with Gasteiger partial charge in [0, 0.05) is 5.69 Å². The van der Waals surface area contributed by atoms with E-state index in [1.165, 1.54) is 0 Å². The first-order chi connectivity index (χ1) is 11.6. The van der Waals surface area contributed by atoms with Gasteiger partial charge in [0.05, 0.1) is 20.3 Å². The fraction of sp³-hybridized carbons (Fsp3) is 0.400. The van der Waals surface area contributed by atoms with Crippen LogP contribution in [0.25, 0.3) is 0 Å². The van der Waals surface area contributed by atoms with E-state index in [2.05, 4.69) is 19.2 Å². The Kier molecular flexibility index (Phi) is 6.79. The summed E-state index contributed by atoms with van der Waals surface area (Å²) in [5, 5.41) is 3.37. The van der Waals surface area contributed by atoms with Crippen molar-refractivity contribution in [2.24, 2.45) is 5.92 Å². The molecule has 0 spiro atoms. The van der Waals surface area contributed by atoms with Crippen molar-refractivity contribution < 1.29 is 14.2 Å². The smallest absolute Gasteiger partial charge is 0.120 e. The van der Waals surface area contributed by atoms with Crippen molar-refractivity contribution in [1.29, 1.82) is 0 Å². The minimum atomic E-state index is 0.0512. The molecule has 2 aromatic carbocycles. The minimum Gasteiger partial charge on any atom is -0.497 e. The Morgan fingerprint density at radius 2 is 1.42 bits per heavy atom. The maximum absolute atomic E-state index is 5.88. The van der Waals surface area contributed by atoms with Gasteiger partial charge in [0.15, 0.2) is 0 Å². The molecule has 4 nitrogen and oxygen atoms in total. The van der Waals surface area contributed by atoms with E-state index >= 15 is 0 Å².